The largest absolute Gasteiger partial charge is 0.485 e. The predicted molar refractivity (Wildman–Crippen MR) is 119 cm³/mol. The molecule has 1 amide bonds. The summed E-state index contributed by atoms with van der Waals surface area (Å²) in [5.74, 6) is 1.13. The summed E-state index contributed by atoms with van der Waals surface area (Å²) in [4.78, 5) is 23.1. The van der Waals surface area contributed by atoms with E-state index in [9.17, 15) is 4.79 Å². The van der Waals surface area contributed by atoms with E-state index < -0.39 is 6.10 Å². The van der Waals surface area contributed by atoms with Crippen LogP contribution in [0, 0.1) is 0 Å². The summed E-state index contributed by atoms with van der Waals surface area (Å²) >= 11 is 3.22. The first-order valence-corrected chi connectivity index (χ1v) is 11.4. The fourth-order valence-corrected chi connectivity index (χ4v) is 4.60. The molecule has 0 spiro atoms. The zero-order chi connectivity index (χ0) is 20.4. The van der Waals surface area contributed by atoms with Gasteiger partial charge in [0, 0.05) is 18.0 Å². The number of para-hydroxylation sites is 2. The standard InChI is InChI=1S/C21H23N3O3S2/c1-23(2)10-11-24(21-22-15-9-8-14(28-3)12-19(15)29-21)20(25)18-13-26-16-6-4-5-7-17(16)27-18/h4-9,12,18H,10-11,13H2,1-3H3. The summed E-state index contributed by atoms with van der Waals surface area (Å²) in [5.41, 5.74) is 0.900. The Hall–Kier alpha value is -2.29. The second-order valence-electron chi connectivity index (χ2n) is 6.99. The molecule has 0 saturated carbocycles. The number of aromatic nitrogens is 1. The number of hydrogen-bond donors (Lipinski definition) is 0. The number of rotatable bonds is 6. The first-order valence-electron chi connectivity index (χ1n) is 9.34. The SMILES string of the molecule is CSc1ccc2nc(N(CCN(C)C)C(=O)C3COc4ccccc4O3)sc2c1. The van der Waals surface area contributed by atoms with Crippen molar-refractivity contribution >= 4 is 44.4 Å². The van der Waals surface area contributed by atoms with Gasteiger partial charge in [-0.15, -0.1) is 11.8 Å². The van der Waals surface area contributed by atoms with Crippen molar-refractivity contribution in [3.05, 3.63) is 42.5 Å². The Balaban J connectivity index is 1.62. The summed E-state index contributed by atoms with van der Waals surface area (Å²) in [5, 5.41) is 0.688. The minimum atomic E-state index is -0.694. The highest BCUT2D eigenvalue weighted by Gasteiger charge is 2.33. The van der Waals surface area contributed by atoms with Gasteiger partial charge in [-0.25, -0.2) is 4.98 Å². The summed E-state index contributed by atoms with van der Waals surface area (Å²) in [7, 11) is 3.98. The van der Waals surface area contributed by atoms with Gasteiger partial charge in [0.1, 0.15) is 6.61 Å². The Morgan fingerprint density at radius 2 is 2.00 bits per heavy atom. The normalized spacial score (nSPS) is 15.7. The van der Waals surface area contributed by atoms with Crippen LogP contribution in [-0.2, 0) is 4.79 Å². The van der Waals surface area contributed by atoms with Gasteiger partial charge in [-0.05, 0) is 50.7 Å². The van der Waals surface area contributed by atoms with Gasteiger partial charge < -0.3 is 14.4 Å². The molecule has 0 saturated heterocycles. The van der Waals surface area contributed by atoms with Crippen LogP contribution in [0.3, 0.4) is 0 Å². The maximum Gasteiger partial charge on any atom is 0.273 e. The molecule has 8 heteroatoms. The molecule has 1 aromatic heterocycles. The Kier molecular flexibility index (Phi) is 5.94. The van der Waals surface area contributed by atoms with Gasteiger partial charge in [-0.3, -0.25) is 9.69 Å². The smallest absolute Gasteiger partial charge is 0.273 e. The summed E-state index contributed by atoms with van der Waals surface area (Å²) < 4.78 is 12.8. The Morgan fingerprint density at radius 1 is 1.21 bits per heavy atom. The number of thiazole rings is 1. The van der Waals surface area contributed by atoms with E-state index in [4.69, 9.17) is 14.5 Å². The minimum Gasteiger partial charge on any atom is -0.485 e. The maximum atomic E-state index is 13.4. The zero-order valence-electron chi connectivity index (χ0n) is 16.6. The third-order valence-corrected chi connectivity index (χ3v) is 6.40. The highest BCUT2D eigenvalue weighted by Crippen LogP contribution is 2.34. The van der Waals surface area contributed by atoms with Crippen molar-refractivity contribution in [2.75, 3.05) is 44.9 Å². The van der Waals surface area contributed by atoms with Crippen molar-refractivity contribution in [2.45, 2.75) is 11.0 Å². The predicted octanol–water partition coefficient (Wildman–Crippen LogP) is 3.75. The van der Waals surface area contributed by atoms with Crippen molar-refractivity contribution in [1.82, 2.24) is 9.88 Å². The number of carbonyl (C=O) groups is 1. The van der Waals surface area contributed by atoms with Crippen molar-refractivity contribution in [3.63, 3.8) is 0 Å². The van der Waals surface area contributed by atoms with E-state index in [0.717, 1.165) is 16.8 Å². The number of fused-ring (bicyclic) bond motifs is 2. The second kappa shape index (κ2) is 8.61. The van der Waals surface area contributed by atoms with E-state index in [-0.39, 0.29) is 12.5 Å². The molecule has 29 heavy (non-hydrogen) atoms. The summed E-state index contributed by atoms with van der Waals surface area (Å²) in [6, 6.07) is 13.6. The average Bonchev–Trinajstić information content (AvgIpc) is 3.15. The first-order chi connectivity index (χ1) is 14.0. The molecule has 0 fully saturated rings. The van der Waals surface area contributed by atoms with Crippen LogP contribution in [0.1, 0.15) is 0 Å². The van der Waals surface area contributed by atoms with Crippen LogP contribution in [-0.4, -0.2) is 61.9 Å². The molecular weight excluding hydrogens is 406 g/mol. The number of carbonyl (C=O) groups excluding carboxylic acids is 1. The van der Waals surface area contributed by atoms with Crippen molar-refractivity contribution < 1.29 is 14.3 Å². The number of anilines is 1. The van der Waals surface area contributed by atoms with E-state index in [1.54, 1.807) is 16.7 Å². The molecule has 0 bridgehead atoms. The molecule has 0 N–H and O–H groups in total. The monoisotopic (exact) mass is 429 g/mol. The van der Waals surface area contributed by atoms with E-state index in [2.05, 4.69) is 12.1 Å². The van der Waals surface area contributed by atoms with Crippen LogP contribution in [0.5, 0.6) is 11.5 Å². The van der Waals surface area contributed by atoms with Crippen molar-refractivity contribution in [2.24, 2.45) is 0 Å². The number of likely N-dealkylation sites (N-methyl/N-ethyl adjacent to an activating group) is 1. The Labute approximate surface area is 178 Å². The highest BCUT2D eigenvalue weighted by atomic mass is 32.2. The summed E-state index contributed by atoms with van der Waals surface area (Å²) in [6.07, 6.45) is 1.36. The fourth-order valence-electron chi connectivity index (χ4n) is 3.05. The lowest BCUT2D eigenvalue weighted by atomic mass is 10.2. The number of hydrogen-bond acceptors (Lipinski definition) is 7. The number of nitrogens with zero attached hydrogens (tertiary/aromatic N) is 3. The molecule has 1 unspecified atom stereocenters. The molecule has 3 aromatic rings. The fraction of sp³-hybridized carbons (Fsp3) is 0.333. The van der Waals surface area contributed by atoms with E-state index >= 15 is 0 Å². The quantitative estimate of drug-likeness (QED) is 0.556. The maximum absolute atomic E-state index is 13.4. The number of amides is 1. The molecule has 0 radical (unpaired) electrons. The number of ether oxygens (including phenoxy) is 2. The molecular formula is C21H23N3O3S2. The van der Waals surface area contributed by atoms with Gasteiger partial charge in [0.05, 0.1) is 10.2 Å². The molecule has 2 aromatic carbocycles. The van der Waals surface area contributed by atoms with Crippen LogP contribution in [0.2, 0.25) is 0 Å². The Bertz CT molecular complexity index is 1020. The lowest BCUT2D eigenvalue weighted by Crippen LogP contribution is -2.48. The van der Waals surface area contributed by atoms with Gasteiger partial charge in [0.2, 0.25) is 6.10 Å². The number of benzene rings is 2. The number of thioether (sulfide) groups is 1. The molecule has 152 valence electrons. The van der Waals surface area contributed by atoms with Crippen LogP contribution in [0.4, 0.5) is 5.13 Å². The third-order valence-electron chi connectivity index (χ3n) is 4.64. The molecule has 0 aliphatic carbocycles. The molecule has 1 atom stereocenters. The summed E-state index contributed by atoms with van der Waals surface area (Å²) in [6.45, 7) is 1.44. The first kappa shape index (κ1) is 20.0. The van der Waals surface area contributed by atoms with Crippen molar-refractivity contribution in [3.8, 4) is 11.5 Å². The minimum absolute atomic E-state index is 0.134. The molecule has 6 nitrogen and oxygen atoms in total. The molecule has 1 aliphatic heterocycles. The van der Waals surface area contributed by atoms with E-state index in [1.807, 2.05) is 55.6 Å². The lowest BCUT2D eigenvalue weighted by molar-refractivity contribution is -0.127. The lowest BCUT2D eigenvalue weighted by Gasteiger charge is -2.30. The zero-order valence-corrected chi connectivity index (χ0v) is 18.3. The third kappa shape index (κ3) is 4.34. The highest BCUT2D eigenvalue weighted by molar-refractivity contribution is 7.98. The Morgan fingerprint density at radius 3 is 2.76 bits per heavy atom. The van der Waals surface area contributed by atoms with E-state index in [1.165, 1.54) is 16.2 Å². The van der Waals surface area contributed by atoms with Crippen LogP contribution >= 0.6 is 23.1 Å². The second-order valence-corrected chi connectivity index (χ2v) is 8.88. The molecule has 4 rings (SSSR count). The van der Waals surface area contributed by atoms with Gasteiger partial charge in [0.15, 0.2) is 16.6 Å². The van der Waals surface area contributed by atoms with Gasteiger partial charge in [-0.1, -0.05) is 23.5 Å². The molecule has 2 heterocycles. The van der Waals surface area contributed by atoms with Crippen LogP contribution in [0.15, 0.2) is 47.4 Å². The van der Waals surface area contributed by atoms with Gasteiger partial charge in [-0.2, -0.15) is 0 Å². The van der Waals surface area contributed by atoms with Crippen molar-refractivity contribution in [1.29, 1.82) is 0 Å². The van der Waals surface area contributed by atoms with Crippen LogP contribution < -0.4 is 14.4 Å². The van der Waals surface area contributed by atoms with Gasteiger partial charge >= 0.3 is 0 Å². The molecule has 1 aliphatic rings. The van der Waals surface area contributed by atoms with Gasteiger partial charge in [0.25, 0.3) is 5.91 Å². The average molecular weight is 430 g/mol. The van der Waals surface area contributed by atoms with Crippen LogP contribution in [0.25, 0.3) is 10.2 Å². The topological polar surface area (TPSA) is 54.9 Å². The van der Waals surface area contributed by atoms with E-state index in [0.29, 0.717) is 23.2 Å².